The predicted octanol–water partition coefficient (Wildman–Crippen LogP) is 3.94. The van der Waals surface area contributed by atoms with Gasteiger partial charge in [0, 0.05) is 28.0 Å². The Morgan fingerprint density at radius 2 is 1.92 bits per heavy atom. The van der Waals surface area contributed by atoms with Crippen LogP contribution in [-0.4, -0.2) is 34.3 Å². The Balaban J connectivity index is 1.76. The molecule has 0 aliphatic carbocycles. The van der Waals surface area contributed by atoms with Gasteiger partial charge in [-0.2, -0.15) is 0 Å². The number of likely N-dealkylation sites (tertiary alicyclic amines) is 1. The molecule has 1 N–H and O–H groups in total. The number of rotatable bonds is 3. The van der Waals surface area contributed by atoms with E-state index >= 15 is 0 Å². The van der Waals surface area contributed by atoms with E-state index in [0.29, 0.717) is 34.4 Å². The zero-order valence-electron chi connectivity index (χ0n) is 13.6. The van der Waals surface area contributed by atoms with Crippen LogP contribution in [0.2, 0.25) is 10.0 Å². The minimum absolute atomic E-state index is 0.231. The fourth-order valence-corrected chi connectivity index (χ4v) is 3.47. The van der Waals surface area contributed by atoms with Gasteiger partial charge in [-0.05, 0) is 50.1 Å². The van der Waals surface area contributed by atoms with Crippen LogP contribution in [0, 0.1) is 6.92 Å². The van der Waals surface area contributed by atoms with Crippen LogP contribution in [0.25, 0.3) is 0 Å². The number of benzene rings is 1. The Hall–Kier alpha value is -2.11. The topological polar surface area (TPSA) is 62.3 Å². The first kappa shape index (κ1) is 17.7. The number of carbonyl (C=O) groups excluding carboxylic acids is 2. The van der Waals surface area contributed by atoms with E-state index in [1.165, 1.54) is 0 Å². The second-order valence-corrected chi connectivity index (χ2v) is 6.84. The first-order valence-electron chi connectivity index (χ1n) is 7.95. The number of hydrogen-bond acceptors (Lipinski definition) is 3. The highest BCUT2D eigenvalue weighted by Gasteiger charge is 2.35. The van der Waals surface area contributed by atoms with Gasteiger partial charge in [-0.3, -0.25) is 9.59 Å². The van der Waals surface area contributed by atoms with Crippen molar-refractivity contribution in [2.45, 2.75) is 25.8 Å². The summed E-state index contributed by atoms with van der Waals surface area (Å²) in [6, 6.07) is 9.58. The Kier molecular flexibility index (Phi) is 5.25. The summed E-state index contributed by atoms with van der Waals surface area (Å²) in [6.07, 6.45) is 1.38. The lowest BCUT2D eigenvalue weighted by Gasteiger charge is -2.23. The number of anilines is 1. The molecule has 130 valence electrons. The van der Waals surface area contributed by atoms with Crippen LogP contribution >= 0.6 is 23.2 Å². The maximum atomic E-state index is 12.7. The van der Waals surface area contributed by atoms with Gasteiger partial charge in [-0.25, -0.2) is 4.98 Å². The van der Waals surface area contributed by atoms with Crippen LogP contribution in [0.4, 0.5) is 5.69 Å². The molecule has 1 aromatic heterocycles. The molecule has 2 heterocycles. The first-order chi connectivity index (χ1) is 11.9. The van der Waals surface area contributed by atoms with Crippen molar-refractivity contribution in [2.24, 2.45) is 0 Å². The molecule has 0 spiro atoms. The minimum Gasteiger partial charge on any atom is -0.325 e. The molecule has 2 amide bonds. The molecule has 1 aliphatic heterocycles. The number of hydrogen-bond donors (Lipinski definition) is 1. The highest BCUT2D eigenvalue weighted by atomic mass is 35.5. The fraction of sp³-hybridized carbons (Fsp3) is 0.278. The molecule has 1 aliphatic rings. The van der Waals surface area contributed by atoms with Crippen LogP contribution in [0.1, 0.15) is 29.0 Å². The van der Waals surface area contributed by atoms with Gasteiger partial charge in [0.1, 0.15) is 11.7 Å². The number of amides is 2. The van der Waals surface area contributed by atoms with Crippen molar-refractivity contribution in [1.82, 2.24) is 9.88 Å². The number of halogens is 2. The van der Waals surface area contributed by atoms with Crippen molar-refractivity contribution in [2.75, 3.05) is 11.9 Å². The summed E-state index contributed by atoms with van der Waals surface area (Å²) in [5.74, 6) is -0.484. The van der Waals surface area contributed by atoms with Crippen molar-refractivity contribution in [1.29, 1.82) is 0 Å². The lowest BCUT2D eigenvalue weighted by molar-refractivity contribution is -0.119. The molecule has 25 heavy (non-hydrogen) atoms. The minimum atomic E-state index is -0.535. The quantitative estimate of drug-likeness (QED) is 0.880. The molecule has 5 nitrogen and oxygen atoms in total. The van der Waals surface area contributed by atoms with E-state index in [2.05, 4.69) is 10.3 Å². The smallest absolute Gasteiger partial charge is 0.273 e. The molecular formula is C18H17Cl2N3O2. The van der Waals surface area contributed by atoms with E-state index in [0.717, 1.165) is 12.1 Å². The van der Waals surface area contributed by atoms with Gasteiger partial charge in [0.05, 0.1) is 0 Å². The number of carbonyl (C=O) groups is 2. The van der Waals surface area contributed by atoms with Crippen molar-refractivity contribution in [3.8, 4) is 0 Å². The van der Waals surface area contributed by atoms with Crippen LogP contribution in [-0.2, 0) is 4.79 Å². The van der Waals surface area contributed by atoms with Crippen LogP contribution in [0.15, 0.2) is 36.4 Å². The van der Waals surface area contributed by atoms with Gasteiger partial charge in [-0.15, -0.1) is 0 Å². The molecule has 1 fully saturated rings. The van der Waals surface area contributed by atoms with E-state index in [-0.39, 0.29) is 11.8 Å². The lowest BCUT2D eigenvalue weighted by atomic mass is 10.2. The molecule has 0 bridgehead atoms. The van der Waals surface area contributed by atoms with E-state index in [1.54, 1.807) is 35.2 Å². The molecular weight excluding hydrogens is 361 g/mol. The maximum Gasteiger partial charge on any atom is 0.273 e. The van der Waals surface area contributed by atoms with E-state index < -0.39 is 6.04 Å². The number of aromatic nitrogens is 1. The molecule has 0 saturated carbocycles. The Bertz CT molecular complexity index is 805. The van der Waals surface area contributed by atoms with E-state index in [9.17, 15) is 9.59 Å². The van der Waals surface area contributed by atoms with Crippen LogP contribution in [0.3, 0.4) is 0 Å². The third-order valence-electron chi connectivity index (χ3n) is 4.05. The second-order valence-electron chi connectivity index (χ2n) is 5.97. The van der Waals surface area contributed by atoms with E-state index in [4.69, 9.17) is 23.2 Å². The second kappa shape index (κ2) is 7.42. The molecule has 1 saturated heterocycles. The maximum absolute atomic E-state index is 12.7. The largest absolute Gasteiger partial charge is 0.325 e. The average Bonchev–Trinajstić information content (AvgIpc) is 3.02. The molecule has 7 heteroatoms. The van der Waals surface area contributed by atoms with E-state index in [1.807, 2.05) is 13.0 Å². The third kappa shape index (κ3) is 4.11. The summed E-state index contributed by atoms with van der Waals surface area (Å²) in [6.45, 7) is 2.36. The van der Waals surface area contributed by atoms with Crippen molar-refractivity contribution >= 4 is 40.7 Å². The van der Waals surface area contributed by atoms with Gasteiger partial charge in [0.15, 0.2) is 0 Å². The van der Waals surface area contributed by atoms with Crippen molar-refractivity contribution in [3.05, 3.63) is 57.8 Å². The molecule has 3 rings (SSSR count). The van der Waals surface area contributed by atoms with Crippen molar-refractivity contribution < 1.29 is 9.59 Å². The van der Waals surface area contributed by atoms with Crippen molar-refractivity contribution in [3.63, 3.8) is 0 Å². The van der Waals surface area contributed by atoms with Crippen LogP contribution in [0.5, 0.6) is 0 Å². The molecule has 1 unspecified atom stereocenters. The Morgan fingerprint density at radius 3 is 2.60 bits per heavy atom. The zero-order valence-corrected chi connectivity index (χ0v) is 15.1. The highest BCUT2D eigenvalue weighted by molar-refractivity contribution is 6.35. The number of nitrogens with one attached hydrogen (secondary N) is 1. The monoisotopic (exact) mass is 377 g/mol. The number of nitrogens with zero attached hydrogens (tertiary/aromatic N) is 2. The summed E-state index contributed by atoms with van der Waals surface area (Å²) < 4.78 is 0. The Labute approximate surface area is 155 Å². The highest BCUT2D eigenvalue weighted by Crippen LogP contribution is 2.25. The third-order valence-corrected chi connectivity index (χ3v) is 4.49. The normalized spacial score (nSPS) is 16.8. The summed E-state index contributed by atoms with van der Waals surface area (Å²) in [5, 5.41) is 3.66. The van der Waals surface area contributed by atoms with Gasteiger partial charge in [0.2, 0.25) is 5.91 Å². The Morgan fingerprint density at radius 1 is 1.20 bits per heavy atom. The van der Waals surface area contributed by atoms with Gasteiger partial charge in [-0.1, -0.05) is 29.3 Å². The van der Waals surface area contributed by atoms with Gasteiger partial charge >= 0.3 is 0 Å². The van der Waals surface area contributed by atoms with Crippen LogP contribution < -0.4 is 5.32 Å². The number of aryl methyl sites for hydroxylation is 1. The number of pyridine rings is 1. The summed E-state index contributed by atoms with van der Waals surface area (Å²) in [7, 11) is 0. The van der Waals surface area contributed by atoms with Gasteiger partial charge in [0.25, 0.3) is 5.91 Å². The fourth-order valence-electron chi connectivity index (χ4n) is 2.94. The molecule has 1 atom stereocenters. The standard InChI is InChI=1S/C18H17Cl2N3O2/c1-11-4-2-5-15(21-11)18(25)23-7-3-6-16(23)17(24)22-14-9-12(19)8-13(20)10-14/h2,4-5,8-10,16H,3,6-7H2,1H3,(H,22,24). The average molecular weight is 378 g/mol. The molecule has 1 aromatic carbocycles. The summed E-state index contributed by atoms with van der Waals surface area (Å²) in [5.41, 5.74) is 1.63. The first-order valence-corrected chi connectivity index (χ1v) is 8.71. The SMILES string of the molecule is Cc1cccc(C(=O)N2CCCC2C(=O)Nc2cc(Cl)cc(Cl)c2)n1. The van der Waals surface area contributed by atoms with Gasteiger partial charge < -0.3 is 10.2 Å². The molecule has 0 radical (unpaired) electrons. The molecule has 2 aromatic rings. The summed E-state index contributed by atoms with van der Waals surface area (Å²) >= 11 is 11.9. The predicted molar refractivity (Wildman–Crippen MR) is 98.1 cm³/mol. The lowest BCUT2D eigenvalue weighted by Crippen LogP contribution is -2.43. The zero-order chi connectivity index (χ0) is 18.0. The summed E-state index contributed by atoms with van der Waals surface area (Å²) in [4.78, 5) is 31.2.